The number of para-hydroxylation sites is 1. The molecule has 0 aliphatic carbocycles. The molecule has 0 aliphatic rings. The topological polar surface area (TPSA) is 75.6 Å². The lowest BCUT2D eigenvalue weighted by Crippen LogP contribution is -2.16. The normalized spacial score (nSPS) is 10.3. The zero-order valence-corrected chi connectivity index (χ0v) is 14.9. The highest BCUT2D eigenvalue weighted by Crippen LogP contribution is 2.23. The maximum Gasteiger partial charge on any atom is 0.337 e. The lowest BCUT2D eigenvalue weighted by Gasteiger charge is -2.10. The fourth-order valence-electron chi connectivity index (χ4n) is 2.49. The number of rotatable bonds is 6. The second-order valence-electron chi connectivity index (χ2n) is 5.78. The molecule has 3 rings (SSSR count). The maximum atomic E-state index is 12.3. The average Bonchev–Trinajstić information content (AvgIpc) is 2.64. The van der Waals surface area contributed by atoms with E-state index in [0.29, 0.717) is 10.8 Å². The van der Waals surface area contributed by atoms with Gasteiger partial charge in [0.2, 0.25) is 5.91 Å². The number of hydrogen-bond donors (Lipinski definition) is 2. The fourth-order valence-corrected chi connectivity index (χ4v) is 2.66. The van der Waals surface area contributed by atoms with E-state index in [4.69, 9.17) is 16.3 Å². The summed E-state index contributed by atoms with van der Waals surface area (Å²) in [5.74, 6) is -0.0839. The molecule has 0 aromatic heterocycles. The Balaban J connectivity index is 1.65. The Morgan fingerprint density at radius 2 is 1.59 bits per heavy atom. The zero-order valence-electron chi connectivity index (χ0n) is 14.2. The molecule has 0 heterocycles. The third-order valence-corrected chi connectivity index (χ3v) is 3.99. The molecule has 0 saturated heterocycles. The van der Waals surface area contributed by atoms with E-state index in [1.54, 1.807) is 24.3 Å². The Hall–Kier alpha value is -3.31. The van der Waals surface area contributed by atoms with Crippen LogP contribution in [-0.2, 0) is 11.2 Å². The second-order valence-corrected chi connectivity index (χ2v) is 6.22. The molecule has 6 heteroatoms. The number of benzene rings is 3. The number of carboxylic acid groups (broad SMARTS) is 1. The number of carbonyl (C=O) groups excluding carboxylic acids is 1. The molecule has 0 fully saturated rings. The summed E-state index contributed by atoms with van der Waals surface area (Å²) in [6, 6.07) is 20.7. The van der Waals surface area contributed by atoms with Crippen LogP contribution in [0.1, 0.15) is 15.9 Å². The Morgan fingerprint density at radius 1 is 0.926 bits per heavy atom. The van der Waals surface area contributed by atoms with Crippen LogP contribution in [0.25, 0.3) is 0 Å². The van der Waals surface area contributed by atoms with Crippen molar-refractivity contribution in [2.75, 3.05) is 5.32 Å². The summed E-state index contributed by atoms with van der Waals surface area (Å²) in [6.07, 6.45) is 0.0944. The first kappa shape index (κ1) is 18.5. The molecule has 0 saturated carbocycles. The summed E-state index contributed by atoms with van der Waals surface area (Å²) >= 11 is 5.89. The van der Waals surface area contributed by atoms with Gasteiger partial charge in [0.15, 0.2) is 0 Å². The van der Waals surface area contributed by atoms with Crippen molar-refractivity contribution in [2.45, 2.75) is 6.42 Å². The van der Waals surface area contributed by atoms with Crippen LogP contribution in [0, 0.1) is 0 Å². The molecule has 0 aliphatic heterocycles. The van der Waals surface area contributed by atoms with Gasteiger partial charge in [-0.1, -0.05) is 41.9 Å². The first-order chi connectivity index (χ1) is 13.0. The van der Waals surface area contributed by atoms with Crippen molar-refractivity contribution < 1.29 is 19.4 Å². The summed E-state index contributed by atoms with van der Waals surface area (Å²) in [7, 11) is 0. The van der Waals surface area contributed by atoms with Gasteiger partial charge in [0.05, 0.1) is 17.7 Å². The molecule has 3 aromatic rings. The number of amides is 1. The van der Waals surface area contributed by atoms with E-state index in [1.165, 1.54) is 18.2 Å². The molecule has 0 spiro atoms. The van der Waals surface area contributed by atoms with Crippen LogP contribution in [0.15, 0.2) is 72.8 Å². The van der Waals surface area contributed by atoms with E-state index >= 15 is 0 Å². The molecule has 5 nitrogen and oxygen atoms in total. The van der Waals surface area contributed by atoms with Gasteiger partial charge < -0.3 is 15.2 Å². The summed E-state index contributed by atoms with van der Waals surface area (Å²) in [4.78, 5) is 23.5. The van der Waals surface area contributed by atoms with Gasteiger partial charge in [0, 0.05) is 5.02 Å². The largest absolute Gasteiger partial charge is 0.478 e. The van der Waals surface area contributed by atoms with Gasteiger partial charge in [0.1, 0.15) is 11.5 Å². The van der Waals surface area contributed by atoms with Gasteiger partial charge in [0.25, 0.3) is 0 Å². The van der Waals surface area contributed by atoms with Crippen molar-refractivity contribution in [2.24, 2.45) is 0 Å². The average molecular weight is 382 g/mol. The van der Waals surface area contributed by atoms with Crippen molar-refractivity contribution in [3.05, 3.63) is 88.9 Å². The van der Waals surface area contributed by atoms with E-state index in [9.17, 15) is 14.7 Å². The summed E-state index contributed by atoms with van der Waals surface area (Å²) in [5.41, 5.74) is 0.926. The Labute approximate surface area is 161 Å². The molecule has 2 N–H and O–H groups in total. The lowest BCUT2D eigenvalue weighted by molar-refractivity contribution is -0.115. The molecule has 0 unspecified atom stereocenters. The SMILES string of the molecule is O=C(Cc1ccc(Oc2ccccc2)cc1)Nc1cc(Cl)ccc1C(=O)O. The minimum absolute atomic E-state index is 0.0145. The lowest BCUT2D eigenvalue weighted by atomic mass is 10.1. The molecular formula is C21H16ClNO4. The van der Waals surface area contributed by atoms with Crippen LogP contribution >= 0.6 is 11.6 Å². The Bertz CT molecular complexity index is 956. The van der Waals surface area contributed by atoms with Gasteiger partial charge in [-0.3, -0.25) is 4.79 Å². The number of ether oxygens (including phenoxy) is 1. The highest BCUT2D eigenvalue weighted by atomic mass is 35.5. The first-order valence-corrected chi connectivity index (χ1v) is 8.53. The quantitative estimate of drug-likeness (QED) is 0.629. The number of hydrogen-bond acceptors (Lipinski definition) is 3. The van der Waals surface area contributed by atoms with Gasteiger partial charge in [-0.2, -0.15) is 0 Å². The van der Waals surface area contributed by atoms with Crippen molar-refractivity contribution in [3.8, 4) is 11.5 Å². The van der Waals surface area contributed by atoms with E-state index < -0.39 is 5.97 Å². The van der Waals surface area contributed by atoms with Crippen LogP contribution in [0.3, 0.4) is 0 Å². The number of carbonyl (C=O) groups is 2. The van der Waals surface area contributed by atoms with E-state index in [1.807, 2.05) is 30.3 Å². The minimum atomic E-state index is -1.13. The maximum absolute atomic E-state index is 12.3. The van der Waals surface area contributed by atoms with E-state index in [0.717, 1.165) is 11.3 Å². The summed E-state index contributed by atoms with van der Waals surface area (Å²) in [5, 5.41) is 12.1. The Kier molecular flexibility index (Phi) is 5.74. The van der Waals surface area contributed by atoms with Crippen LogP contribution in [0.4, 0.5) is 5.69 Å². The third kappa shape index (κ3) is 5.09. The molecule has 0 bridgehead atoms. The van der Waals surface area contributed by atoms with Crippen molar-refractivity contribution in [3.63, 3.8) is 0 Å². The number of carboxylic acids is 1. The molecular weight excluding hydrogens is 366 g/mol. The van der Waals surface area contributed by atoms with Crippen molar-refractivity contribution in [1.82, 2.24) is 0 Å². The molecule has 0 radical (unpaired) electrons. The second kappa shape index (κ2) is 8.38. The van der Waals surface area contributed by atoms with E-state index in [-0.39, 0.29) is 23.6 Å². The summed E-state index contributed by atoms with van der Waals surface area (Å²) < 4.78 is 5.71. The van der Waals surface area contributed by atoms with Crippen LogP contribution < -0.4 is 10.1 Å². The van der Waals surface area contributed by atoms with E-state index in [2.05, 4.69) is 5.32 Å². The smallest absolute Gasteiger partial charge is 0.337 e. The van der Waals surface area contributed by atoms with Gasteiger partial charge in [-0.15, -0.1) is 0 Å². The van der Waals surface area contributed by atoms with Gasteiger partial charge in [-0.25, -0.2) is 4.79 Å². The van der Waals surface area contributed by atoms with Crippen LogP contribution in [-0.4, -0.2) is 17.0 Å². The molecule has 136 valence electrons. The molecule has 27 heavy (non-hydrogen) atoms. The fraction of sp³-hybridized carbons (Fsp3) is 0.0476. The highest BCUT2D eigenvalue weighted by molar-refractivity contribution is 6.31. The van der Waals surface area contributed by atoms with Gasteiger partial charge >= 0.3 is 5.97 Å². The van der Waals surface area contributed by atoms with Gasteiger partial charge in [-0.05, 0) is 48.0 Å². The minimum Gasteiger partial charge on any atom is -0.478 e. The van der Waals surface area contributed by atoms with Crippen LogP contribution in [0.5, 0.6) is 11.5 Å². The number of halogens is 1. The molecule has 1 amide bonds. The number of nitrogens with one attached hydrogen (secondary N) is 1. The predicted molar refractivity (Wildman–Crippen MR) is 104 cm³/mol. The Morgan fingerprint density at radius 3 is 2.26 bits per heavy atom. The highest BCUT2D eigenvalue weighted by Gasteiger charge is 2.13. The molecule has 3 aromatic carbocycles. The summed E-state index contributed by atoms with van der Waals surface area (Å²) in [6.45, 7) is 0. The number of aromatic carboxylic acids is 1. The first-order valence-electron chi connectivity index (χ1n) is 8.16. The van der Waals surface area contributed by atoms with Crippen LogP contribution in [0.2, 0.25) is 5.02 Å². The van der Waals surface area contributed by atoms with Crippen molar-refractivity contribution >= 4 is 29.2 Å². The predicted octanol–water partition coefficient (Wildman–Crippen LogP) is 5.01. The third-order valence-electron chi connectivity index (χ3n) is 3.75. The monoisotopic (exact) mass is 381 g/mol. The van der Waals surface area contributed by atoms with Crippen molar-refractivity contribution in [1.29, 1.82) is 0 Å². The zero-order chi connectivity index (χ0) is 19.2. The number of anilines is 1. The standard InChI is InChI=1S/C21H16ClNO4/c22-15-8-11-18(21(25)26)19(13-15)23-20(24)12-14-6-9-17(10-7-14)27-16-4-2-1-3-5-16/h1-11,13H,12H2,(H,23,24)(H,25,26). The molecule has 0 atom stereocenters.